The lowest BCUT2D eigenvalue weighted by Gasteiger charge is -2.15. The second-order valence-electron chi connectivity index (χ2n) is 5.72. The number of rotatable bonds is 9. The average Bonchev–Trinajstić information content (AvgIpc) is 2.65. The number of aliphatic carboxylic acids is 1. The van der Waals surface area contributed by atoms with E-state index in [1.54, 1.807) is 37.4 Å². The van der Waals surface area contributed by atoms with E-state index in [1.807, 2.05) is 25.1 Å². The van der Waals surface area contributed by atoms with E-state index in [1.165, 1.54) is 0 Å². The van der Waals surface area contributed by atoms with Crippen LogP contribution in [-0.2, 0) is 11.2 Å². The zero-order valence-electron chi connectivity index (χ0n) is 14.9. The van der Waals surface area contributed by atoms with Crippen LogP contribution >= 0.6 is 0 Å². The van der Waals surface area contributed by atoms with Gasteiger partial charge in [-0.05, 0) is 43.2 Å². The molecule has 0 bridgehead atoms. The smallest absolute Gasteiger partial charge is 0.308 e. The van der Waals surface area contributed by atoms with E-state index in [0.29, 0.717) is 23.7 Å². The summed E-state index contributed by atoms with van der Waals surface area (Å²) in [6, 6.07) is 14.0. The second-order valence-corrected chi connectivity index (χ2v) is 5.72. The summed E-state index contributed by atoms with van der Waals surface area (Å²) in [4.78, 5) is 23.9. The van der Waals surface area contributed by atoms with Gasteiger partial charge in [0.2, 0.25) is 0 Å². The molecule has 0 aromatic heterocycles. The normalized spacial score (nSPS) is 11.5. The van der Waals surface area contributed by atoms with Crippen LogP contribution < -0.4 is 14.8 Å². The molecule has 0 radical (unpaired) electrons. The number of methoxy groups -OCH3 is 1. The molecule has 2 N–H and O–H groups in total. The predicted octanol–water partition coefficient (Wildman–Crippen LogP) is 2.77. The number of hydrogen-bond donors (Lipinski definition) is 2. The van der Waals surface area contributed by atoms with E-state index >= 15 is 0 Å². The molecule has 2 aromatic rings. The summed E-state index contributed by atoms with van der Waals surface area (Å²) >= 11 is 0. The number of carbonyl (C=O) groups is 2. The Morgan fingerprint density at radius 3 is 2.62 bits per heavy atom. The minimum Gasteiger partial charge on any atom is -0.496 e. The van der Waals surface area contributed by atoms with Gasteiger partial charge < -0.3 is 19.9 Å². The molecule has 138 valence electrons. The van der Waals surface area contributed by atoms with Crippen molar-refractivity contribution in [2.45, 2.75) is 13.3 Å². The van der Waals surface area contributed by atoms with Crippen LogP contribution in [0.15, 0.2) is 48.5 Å². The van der Waals surface area contributed by atoms with Gasteiger partial charge in [-0.3, -0.25) is 9.59 Å². The molecule has 0 saturated carbocycles. The van der Waals surface area contributed by atoms with Gasteiger partial charge in [-0.15, -0.1) is 0 Å². The number of para-hydroxylation sites is 1. The lowest BCUT2D eigenvalue weighted by molar-refractivity contribution is -0.141. The molecule has 6 nitrogen and oxygen atoms in total. The summed E-state index contributed by atoms with van der Waals surface area (Å²) in [6.45, 7) is 2.39. The monoisotopic (exact) mass is 357 g/mol. The highest BCUT2D eigenvalue weighted by Gasteiger charge is 2.21. The third-order valence-corrected chi connectivity index (χ3v) is 3.92. The fourth-order valence-electron chi connectivity index (χ4n) is 2.60. The Morgan fingerprint density at radius 2 is 1.92 bits per heavy atom. The van der Waals surface area contributed by atoms with E-state index < -0.39 is 11.9 Å². The number of nitrogens with one attached hydrogen (secondary N) is 1. The van der Waals surface area contributed by atoms with Gasteiger partial charge in [0, 0.05) is 12.1 Å². The van der Waals surface area contributed by atoms with Crippen molar-refractivity contribution in [1.29, 1.82) is 0 Å². The second kappa shape index (κ2) is 9.46. The number of hydrogen-bond acceptors (Lipinski definition) is 4. The quantitative estimate of drug-likeness (QED) is 0.721. The van der Waals surface area contributed by atoms with Gasteiger partial charge in [-0.1, -0.05) is 24.3 Å². The van der Waals surface area contributed by atoms with Gasteiger partial charge in [-0.25, -0.2) is 0 Å². The molecule has 2 aromatic carbocycles. The molecule has 0 spiro atoms. The largest absolute Gasteiger partial charge is 0.496 e. The number of carboxylic acid groups (broad SMARTS) is 1. The molecule has 26 heavy (non-hydrogen) atoms. The number of ether oxygens (including phenoxy) is 2. The predicted molar refractivity (Wildman–Crippen MR) is 97.8 cm³/mol. The Kier molecular flexibility index (Phi) is 7.02. The molecule has 0 heterocycles. The van der Waals surface area contributed by atoms with Crippen molar-refractivity contribution in [3.63, 3.8) is 0 Å². The van der Waals surface area contributed by atoms with Crippen LogP contribution in [0.3, 0.4) is 0 Å². The number of carbonyl (C=O) groups excluding carboxylic acids is 1. The van der Waals surface area contributed by atoms with Crippen molar-refractivity contribution in [2.24, 2.45) is 5.92 Å². The van der Waals surface area contributed by atoms with Gasteiger partial charge in [-0.2, -0.15) is 0 Å². The lowest BCUT2D eigenvalue weighted by Crippen LogP contribution is -2.34. The third kappa shape index (κ3) is 5.24. The first-order valence-corrected chi connectivity index (χ1v) is 8.41. The summed E-state index contributed by atoms with van der Waals surface area (Å²) in [7, 11) is 1.54. The lowest BCUT2D eigenvalue weighted by atomic mass is 9.98. The molecule has 1 atom stereocenters. The average molecular weight is 357 g/mol. The molecular weight excluding hydrogens is 334 g/mol. The van der Waals surface area contributed by atoms with E-state index in [0.717, 1.165) is 5.56 Å². The van der Waals surface area contributed by atoms with E-state index in [-0.39, 0.29) is 18.9 Å². The molecule has 2 rings (SSSR count). The summed E-state index contributed by atoms with van der Waals surface area (Å²) in [5.74, 6) is -0.833. The van der Waals surface area contributed by atoms with Gasteiger partial charge >= 0.3 is 5.97 Å². The maximum atomic E-state index is 12.3. The van der Waals surface area contributed by atoms with Crippen molar-refractivity contribution >= 4 is 11.9 Å². The Labute approximate surface area is 152 Å². The number of carboxylic acids is 1. The molecule has 6 heteroatoms. The van der Waals surface area contributed by atoms with Crippen molar-refractivity contribution in [1.82, 2.24) is 5.32 Å². The molecule has 0 saturated heterocycles. The highest BCUT2D eigenvalue weighted by molar-refractivity contribution is 5.94. The fraction of sp³-hybridized carbons (Fsp3) is 0.300. The van der Waals surface area contributed by atoms with Gasteiger partial charge in [0.15, 0.2) is 0 Å². The standard InChI is InChI=1S/C20H23NO5/c1-3-26-17-9-6-8-15(12-17)19(22)21-13-16(20(23)24)11-14-7-4-5-10-18(14)25-2/h4-10,12,16H,3,11,13H2,1-2H3,(H,21,22)(H,23,24). The van der Waals surface area contributed by atoms with Crippen LogP contribution in [0.1, 0.15) is 22.8 Å². The highest BCUT2D eigenvalue weighted by Crippen LogP contribution is 2.21. The van der Waals surface area contributed by atoms with Crippen LogP contribution in [0.25, 0.3) is 0 Å². The van der Waals surface area contributed by atoms with Crippen molar-refractivity contribution in [3.05, 3.63) is 59.7 Å². The molecule has 0 aliphatic rings. The van der Waals surface area contributed by atoms with E-state index in [4.69, 9.17) is 9.47 Å². The summed E-state index contributed by atoms with van der Waals surface area (Å²) < 4.78 is 10.6. The zero-order valence-corrected chi connectivity index (χ0v) is 14.9. The summed E-state index contributed by atoms with van der Waals surface area (Å²) in [5.41, 5.74) is 1.22. The number of benzene rings is 2. The van der Waals surface area contributed by atoms with Crippen molar-refractivity contribution in [3.8, 4) is 11.5 Å². The minimum atomic E-state index is -0.973. The van der Waals surface area contributed by atoms with Crippen LogP contribution in [0.2, 0.25) is 0 Å². The van der Waals surface area contributed by atoms with E-state index in [9.17, 15) is 14.7 Å². The Balaban J connectivity index is 2.03. The molecule has 0 aliphatic heterocycles. The SMILES string of the molecule is CCOc1cccc(C(=O)NCC(Cc2ccccc2OC)C(=O)O)c1. The van der Waals surface area contributed by atoms with E-state index in [2.05, 4.69) is 5.32 Å². The minimum absolute atomic E-state index is 0.0189. The first-order valence-electron chi connectivity index (χ1n) is 8.41. The third-order valence-electron chi connectivity index (χ3n) is 3.92. The number of amides is 1. The Hall–Kier alpha value is -3.02. The van der Waals surface area contributed by atoms with Crippen LogP contribution in [0.5, 0.6) is 11.5 Å². The molecule has 0 aliphatic carbocycles. The van der Waals surface area contributed by atoms with Crippen LogP contribution in [0.4, 0.5) is 0 Å². The summed E-state index contributed by atoms with van der Waals surface area (Å²) in [5, 5.41) is 12.2. The highest BCUT2D eigenvalue weighted by atomic mass is 16.5. The molecule has 1 amide bonds. The molecule has 0 fully saturated rings. The van der Waals surface area contributed by atoms with Gasteiger partial charge in [0.1, 0.15) is 11.5 Å². The Bertz CT molecular complexity index is 759. The maximum absolute atomic E-state index is 12.3. The fourth-order valence-corrected chi connectivity index (χ4v) is 2.60. The first kappa shape index (κ1) is 19.3. The van der Waals surface area contributed by atoms with Gasteiger partial charge in [0.25, 0.3) is 5.91 Å². The Morgan fingerprint density at radius 1 is 1.15 bits per heavy atom. The van der Waals surface area contributed by atoms with Gasteiger partial charge in [0.05, 0.1) is 19.6 Å². The maximum Gasteiger partial charge on any atom is 0.308 e. The van der Waals surface area contributed by atoms with Crippen molar-refractivity contribution in [2.75, 3.05) is 20.3 Å². The summed E-state index contributed by atoms with van der Waals surface area (Å²) in [6.07, 6.45) is 0.263. The topological polar surface area (TPSA) is 84.9 Å². The molecular formula is C20H23NO5. The van der Waals surface area contributed by atoms with Crippen LogP contribution in [-0.4, -0.2) is 37.2 Å². The zero-order chi connectivity index (χ0) is 18.9. The first-order chi connectivity index (χ1) is 12.5. The van der Waals surface area contributed by atoms with Crippen LogP contribution in [0, 0.1) is 5.92 Å². The molecule has 1 unspecified atom stereocenters. The van der Waals surface area contributed by atoms with Crippen molar-refractivity contribution < 1.29 is 24.2 Å².